The van der Waals surface area contributed by atoms with E-state index in [9.17, 15) is 4.79 Å². The highest BCUT2D eigenvalue weighted by Crippen LogP contribution is 2.26. The molecule has 0 radical (unpaired) electrons. The molecule has 5 nitrogen and oxygen atoms in total. The number of carbonyl (C=O) groups is 1. The molecule has 1 heterocycles. The van der Waals surface area contributed by atoms with Gasteiger partial charge in [0, 0.05) is 18.7 Å². The van der Waals surface area contributed by atoms with Crippen LogP contribution in [-0.4, -0.2) is 42.8 Å². The maximum absolute atomic E-state index is 11.0. The van der Waals surface area contributed by atoms with Crippen molar-refractivity contribution >= 4 is 5.97 Å². The molecule has 0 amide bonds. The maximum Gasteiger partial charge on any atom is 0.304 e. The van der Waals surface area contributed by atoms with Crippen molar-refractivity contribution in [3.8, 4) is 11.5 Å². The van der Waals surface area contributed by atoms with Crippen molar-refractivity contribution in [2.75, 3.05) is 20.8 Å². The normalized spacial score (nSPS) is 19.2. The Hall–Kier alpha value is -1.75. The van der Waals surface area contributed by atoms with E-state index < -0.39 is 5.97 Å². The van der Waals surface area contributed by atoms with E-state index in [0.717, 1.165) is 49.4 Å². The third-order valence-electron chi connectivity index (χ3n) is 3.96. The molecule has 116 valence electrons. The Labute approximate surface area is 125 Å². The molecule has 21 heavy (non-hydrogen) atoms. The van der Waals surface area contributed by atoms with Crippen molar-refractivity contribution in [1.29, 1.82) is 0 Å². The van der Waals surface area contributed by atoms with Crippen molar-refractivity contribution < 1.29 is 19.4 Å². The summed E-state index contributed by atoms with van der Waals surface area (Å²) in [5.74, 6) is 0.794. The van der Waals surface area contributed by atoms with Gasteiger partial charge in [-0.3, -0.25) is 9.69 Å². The minimum atomic E-state index is -0.727. The number of rotatable bonds is 6. The van der Waals surface area contributed by atoms with E-state index >= 15 is 0 Å². The zero-order valence-electron chi connectivity index (χ0n) is 12.7. The first-order valence-electron chi connectivity index (χ1n) is 7.30. The van der Waals surface area contributed by atoms with Crippen molar-refractivity contribution in [2.24, 2.45) is 0 Å². The van der Waals surface area contributed by atoms with Crippen LogP contribution in [0.2, 0.25) is 0 Å². The summed E-state index contributed by atoms with van der Waals surface area (Å²) in [6.07, 6.45) is 3.39. The van der Waals surface area contributed by atoms with Gasteiger partial charge in [-0.25, -0.2) is 0 Å². The van der Waals surface area contributed by atoms with Crippen LogP contribution >= 0.6 is 0 Å². The van der Waals surface area contributed by atoms with Gasteiger partial charge in [-0.05, 0) is 37.1 Å². The average molecular weight is 293 g/mol. The molecular weight excluding hydrogens is 270 g/mol. The van der Waals surface area contributed by atoms with Crippen LogP contribution in [0.25, 0.3) is 0 Å². The van der Waals surface area contributed by atoms with Crippen molar-refractivity contribution in [3.05, 3.63) is 23.8 Å². The first-order valence-corrected chi connectivity index (χ1v) is 7.30. The van der Waals surface area contributed by atoms with Gasteiger partial charge in [-0.1, -0.05) is 6.42 Å². The van der Waals surface area contributed by atoms with Crippen LogP contribution in [0, 0.1) is 0 Å². The van der Waals surface area contributed by atoms with Gasteiger partial charge >= 0.3 is 5.97 Å². The number of carboxylic acids is 1. The number of hydrogen-bond donors (Lipinski definition) is 1. The molecule has 0 aromatic heterocycles. The molecule has 0 saturated carbocycles. The number of piperidine rings is 1. The Kier molecular flexibility index (Phi) is 5.44. The number of hydrogen-bond acceptors (Lipinski definition) is 4. The number of carboxylic acid groups (broad SMARTS) is 1. The van der Waals surface area contributed by atoms with Crippen LogP contribution in [-0.2, 0) is 11.3 Å². The van der Waals surface area contributed by atoms with Gasteiger partial charge in [0.1, 0.15) is 11.5 Å². The molecule has 1 aliphatic rings. The fourth-order valence-corrected chi connectivity index (χ4v) is 2.89. The standard InChI is InChI=1S/C16H23NO4/c1-20-14-7-12(8-15(10-14)21-2)11-17-6-4-3-5-13(17)9-16(18)19/h7-8,10,13H,3-6,9,11H2,1-2H3,(H,18,19). The highest BCUT2D eigenvalue weighted by molar-refractivity contribution is 5.67. The Morgan fingerprint density at radius 3 is 2.48 bits per heavy atom. The van der Waals surface area contributed by atoms with E-state index in [1.807, 2.05) is 18.2 Å². The highest BCUT2D eigenvalue weighted by Gasteiger charge is 2.24. The molecule has 0 aliphatic carbocycles. The van der Waals surface area contributed by atoms with Crippen molar-refractivity contribution in [3.63, 3.8) is 0 Å². The summed E-state index contributed by atoms with van der Waals surface area (Å²) in [6.45, 7) is 1.67. The van der Waals surface area contributed by atoms with Gasteiger partial charge in [-0.15, -0.1) is 0 Å². The van der Waals surface area contributed by atoms with E-state index in [-0.39, 0.29) is 12.5 Å². The average Bonchev–Trinajstić information content (AvgIpc) is 2.48. The molecule has 2 rings (SSSR count). The van der Waals surface area contributed by atoms with Crippen molar-refractivity contribution in [1.82, 2.24) is 4.90 Å². The van der Waals surface area contributed by atoms with E-state index in [1.54, 1.807) is 14.2 Å². The summed E-state index contributed by atoms with van der Waals surface area (Å²) in [7, 11) is 3.26. The molecule has 0 spiro atoms. The summed E-state index contributed by atoms with van der Waals surface area (Å²) in [5, 5.41) is 9.05. The van der Waals surface area contributed by atoms with Gasteiger partial charge in [0.2, 0.25) is 0 Å². The van der Waals surface area contributed by atoms with Crippen LogP contribution in [0.1, 0.15) is 31.2 Å². The largest absolute Gasteiger partial charge is 0.497 e. The summed E-state index contributed by atoms with van der Waals surface area (Å²) < 4.78 is 10.6. The van der Waals surface area contributed by atoms with Crippen LogP contribution in [0.15, 0.2) is 18.2 Å². The Morgan fingerprint density at radius 1 is 1.24 bits per heavy atom. The molecule has 1 N–H and O–H groups in total. The molecule has 1 fully saturated rings. The predicted octanol–water partition coefficient (Wildman–Crippen LogP) is 2.53. The Bertz CT molecular complexity index is 467. The zero-order valence-corrected chi connectivity index (χ0v) is 12.7. The number of likely N-dealkylation sites (tertiary alicyclic amines) is 1. The van der Waals surface area contributed by atoms with Crippen LogP contribution in [0.5, 0.6) is 11.5 Å². The second-order valence-electron chi connectivity index (χ2n) is 5.44. The number of ether oxygens (including phenoxy) is 2. The summed E-state index contributed by atoms with van der Waals surface area (Å²) in [5.41, 5.74) is 1.09. The van der Waals surface area contributed by atoms with E-state index in [1.165, 1.54) is 0 Å². The summed E-state index contributed by atoms with van der Waals surface area (Å²) in [6, 6.07) is 5.92. The maximum atomic E-state index is 11.0. The highest BCUT2D eigenvalue weighted by atomic mass is 16.5. The first-order chi connectivity index (χ1) is 10.1. The summed E-state index contributed by atoms with van der Waals surface area (Å²) in [4.78, 5) is 13.3. The second kappa shape index (κ2) is 7.31. The van der Waals surface area contributed by atoms with Gasteiger partial charge in [0.15, 0.2) is 0 Å². The van der Waals surface area contributed by atoms with E-state index in [0.29, 0.717) is 0 Å². The zero-order chi connectivity index (χ0) is 15.2. The minimum Gasteiger partial charge on any atom is -0.497 e. The quantitative estimate of drug-likeness (QED) is 0.873. The van der Waals surface area contributed by atoms with Crippen LogP contribution in [0.4, 0.5) is 0 Å². The third-order valence-corrected chi connectivity index (χ3v) is 3.96. The lowest BCUT2D eigenvalue weighted by Gasteiger charge is -2.35. The molecule has 5 heteroatoms. The SMILES string of the molecule is COc1cc(CN2CCCCC2CC(=O)O)cc(OC)c1. The predicted molar refractivity (Wildman–Crippen MR) is 79.8 cm³/mol. The molecule has 1 atom stereocenters. The lowest BCUT2D eigenvalue weighted by molar-refractivity contribution is -0.138. The smallest absolute Gasteiger partial charge is 0.304 e. The van der Waals surface area contributed by atoms with Crippen LogP contribution < -0.4 is 9.47 Å². The van der Waals surface area contributed by atoms with Gasteiger partial charge < -0.3 is 14.6 Å². The molecule has 1 aromatic carbocycles. The minimum absolute atomic E-state index is 0.119. The number of aliphatic carboxylic acids is 1. The topological polar surface area (TPSA) is 59.0 Å². The fourth-order valence-electron chi connectivity index (χ4n) is 2.89. The Morgan fingerprint density at radius 2 is 1.90 bits per heavy atom. The number of benzene rings is 1. The fraction of sp³-hybridized carbons (Fsp3) is 0.562. The molecule has 1 saturated heterocycles. The van der Waals surface area contributed by atoms with Gasteiger partial charge in [-0.2, -0.15) is 0 Å². The summed E-state index contributed by atoms with van der Waals surface area (Å²) >= 11 is 0. The first kappa shape index (κ1) is 15.6. The Balaban J connectivity index is 2.12. The lowest BCUT2D eigenvalue weighted by Crippen LogP contribution is -2.40. The third kappa shape index (κ3) is 4.36. The van der Waals surface area contributed by atoms with Gasteiger partial charge in [0.05, 0.1) is 20.6 Å². The van der Waals surface area contributed by atoms with E-state index in [4.69, 9.17) is 14.6 Å². The molecule has 1 unspecified atom stereocenters. The molecular formula is C16H23NO4. The van der Waals surface area contributed by atoms with Crippen molar-refractivity contribution in [2.45, 2.75) is 38.3 Å². The lowest BCUT2D eigenvalue weighted by atomic mass is 9.98. The molecule has 1 aliphatic heterocycles. The monoisotopic (exact) mass is 293 g/mol. The van der Waals surface area contributed by atoms with Crippen LogP contribution in [0.3, 0.4) is 0 Å². The van der Waals surface area contributed by atoms with E-state index in [2.05, 4.69) is 4.90 Å². The van der Waals surface area contributed by atoms with Gasteiger partial charge in [0.25, 0.3) is 0 Å². The molecule has 1 aromatic rings. The molecule has 0 bridgehead atoms. The number of methoxy groups -OCH3 is 2. The number of nitrogens with zero attached hydrogens (tertiary/aromatic N) is 1. The second-order valence-corrected chi connectivity index (χ2v) is 5.44.